The lowest BCUT2D eigenvalue weighted by Crippen LogP contribution is -2.33. The number of fused-ring (bicyclic) bond motifs is 4. The largest absolute Gasteiger partial charge is 0.480 e. The van der Waals surface area contributed by atoms with Crippen LogP contribution in [0.15, 0.2) is 58.1 Å². The second-order valence-electron chi connectivity index (χ2n) is 13.4. The summed E-state index contributed by atoms with van der Waals surface area (Å²) in [6.45, 7) is 2.90. The van der Waals surface area contributed by atoms with Gasteiger partial charge >= 0.3 is 5.97 Å². The van der Waals surface area contributed by atoms with Gasteiger partial charge < -0.3 is 24.0 Å². The second-order valence-corrected chi connectivity index (χ2v) is 17.6. The van der Waals surface area contributed by atoms with Crippen molar-refractivity contribution in [2.45, 2.75) is 34.4 Å². The number of pyridine rings is 4. The summed E-state index contributed by atoms with van der Waals surface area (Å²) in [5.74, 6) is -1.77. The molecule has 0 aliphatic rings. The summed E-state index contributed by atoms with van der Waals surface area (Å²) in [6.07, 6.45) is 1.84. The molecule has 6 rings (SSSR count). The van der Waals surface area contributed by atoms with Crippen LogP contribution in [0.25, 0.3) is 43.9 Å². The van der Waals surface area contributed by atoms with Crippen molar-refractivity contribution in [1.82, 2.24) is 23.8 Å². The number of nitrogens with one attached hydrogen (secondary N) is 1. The minimum atomic E-state index is -3.73. The monoisotopic (exact) mass is 878 g/mol. The molecule has 0 aliphatic heterocycles. The molecule has 312 valence electrons. The molecule has 0 saturated carbocycles. The number of aromatic nitrogens is 4. The highest BCUT2D eigenvalue weighted by atomic mass is 35.5. The topological polar surface area (TPSA) is 237 Å². The third-order valence-corrected chi connectivity index (χ3v) is 9.26. The first-order valence-corrected chi connectivity index (χ1v) is 21.2. The fourth-order valence-corrected chi connectivity index (χ4v) is 7.17. The molecule has 0 atom stereocenters. The number of carboxylic acid groups (broad SMARTS) is 1. The van der Waals surface area contributed by atoms with E-state index in [9.17, 15) is 41.1 Å². The van der Waals surface area contributed by atoms with Crippen LogP contribution in [0.5, 0.6) is 0 Å². The van der Waals surface area contributed by atoms with E-state index in [-0.39, 0.29) is 37.0 Å². The third-order valence-electron chi connectivity index (χ3n) is 8.05. The van der Waals surface area contributed by atoms with E-state index in [0.29, 0.717) is 71.0 Å². The number of primary sulfonamides is 1. The molecule has 0 spiro atoms. The van der Waals surface area contributed by atoms with Gasteiger partial charge in [-0.25, -0.2) is 31.9 Å². The van der Waals surface area contributed by atoms with Crippen LogP contribution in [0, 0.1) is 13.8 Å². The van der Waals surface area contributed by atoms with Gasteiger partial charge in [-0.3, -0.25) is 23.9 Å². The van der Waals surface area contributed by atoms with Gasteiger partial charge in [-0.1, -0.05) is 30.6 Å². The molecule has 0 saturated heterocycles. The molecule has 17 nitrogen and oxygen atoms in total. The zero-order chi connectivity index (χ0) is 42.9. The molecule has 0 aliphatic carbocycles. The van der Waals surface area contributed by atoms with E-state index >= 15 is 0 Å². The van der Waals surface area contributed by atoms with Crippen LogP contribution in [0.3, 0.4) is 0 Å². The number of aryl methyl sites for hydroxylation is 2. The summed E-state index contributed by atoms with van der Waals surface area (Å²) in [7, 11) is 0.220. The van der Waals surface area contributed by atoms with Gasteiger partial charge in [-0.05, 0) is 62.4 Å². The number of nitrogens with two attached hydrogens (primary N) is 1. The molecule has 0 unspecified atom stereocenters. The normalized spacial score (nSPS) is 11.3. The minimum absolute atomic E-state index is 0. The summed E-state index contributed by atoms with van der Waals surface area (Å²) >= 11 is 12.7. The Balaban J connectivity index is 0.000000276. The average molecular weight is 880 g/mol. The number of carboxylic acids is 1. The number of anilines is 2. The number of carbonyl (C=O) groups excluding carboxylic acids is 1. The summed E-state index contributed by atoms with van der Waals surface area (Å²) in [6, 6.07) is 13.3. The Bertz CT molecular complexity index is 2940. The maximum absolute atomic E-state index is 13.0. The number of halogens is 2. The Morgan fingerprint density at radius 3 is 1.38 bits per heavy atom. The van der Waals surface area contributed by atoms with Crippen molar-refractivity contribution in [3.05, 3.63) is 90.4 Å². The van der Waals surface area contributed by atoms with Crippen LogP contribution in [-0.2, 0) is 42.7 Å². The molecule has 0 fully saturated rings. The maximum Gasteiger partial charge on any atom is 0.323 e. The van der Waals surface area contributed by atoms with Crippen molar-refractivity contribution in [2.24, 2.45) is 5.14 Å². The Hall–Kier alpha value is -5.34. The summed E-state index contributed by atoms with van der Waals surface area (Å²) < 4.78 is 46.8. The van der Waals surface area contributed by atoms with Crippen molar-refractivity contribution in [2.75, 3.05) is 50.5 Å². The minimum Gasteiger partial charge on any atom is -0.480 e. The number of carbonyl (C=O) groups is 2. The van der Waals surface area contributed by atoms with Crippen molar-refractivity contribution in [3.8, 4) is 0 Å². The van der Waals surface area contributed by atoms with E-state index in [1.165, 1.54) is 4.57 Å². The standard InChI is InChI=1S/C18H19ClN4O4S.C17H16ClN3O3.CH5NO2S.CH4/c1-10-5-6-12-17(25)11-7-8-13(19)16(22(2)3)15(11)23(18(12)20-10)9-14(24)21-28(4,26)27;1-9-4-5-11-16(24)10-6-7-12(18)15(20(2)3)14(10)21(8-13(22)23)17(11)19-9;1-5(2,3)4;/h5-8H,9H2,1-4H3,(H,21,24);4-7H,8H2,1-3H3,(H,22,23);1H3,(H2,2,3,4);1H4. The summed E-state index contributed by atoms with van der Waals surface area (Å²) in [5, 5.41) is 16.0. The van der Waals surface area contributed by atoms with Gasteiger partial charge in [0.25, 0.3) is 5.91 Å². The first-order valence-electron chi connectivity index (χ1n) is 16.6. The molecule has 2 aromatic carbocycles. The summed E-state index contributed by atoms with van der Waals surface area (Å²) in [4.78, 5) is 62.1. The number of hydrogen-bond donors (Lipinski definition) is 3. The zero-order valence-corrected chi connectivity index (χ0v) is 35.2. The van der Waals surface area contributed by atoms with Gasteiger partial charge in [-0.2, -0.15) is 0 Å². The lowest BCUT2D eigenvalue weighted by molar-refractivity contribution is -0.137. The fraction of sp³-hybridized carbons (Fsp3) is 0.297. The van der Waals surface area contributed by atoms with Crippen molar-refractivity contribution in [3.63, 3.8) is 0 Å². The quantitative estimate of drug-likeness (QED) is 0.194. The highest BCUT2D eigenvalue weighted by molar-refractivity contribution is 7.89. The van der Waals surface area contributed by atoms with Crippen molar-refractivity contribution in [1.29, 1.82) is 0 Å². The average Bonchev–Trinajstić information content (AvgIpc) is 3.06. The molecule has 58 heavy (non-hydrogen) atoms. The first kappa shape index (κ1) is 47.0. The number of rotatable bonds is 7. The van der Waals surface area contributed by atoms with E-state index in [1.54, 1.807) is 105 Å². The predicted octanol–water partition coefficient (Wildman–Crippen LogP) is 3.86. The van der Waals surface area contributed by atoms with Crippen LogP contribution in [0.2, 0.25) is 10.0 Å². The van der Waals surface area contributed by atoms with Gasteiger partial charge in [0.05, 0.1) is 55.7 Å². The Morgan fingerprint density at radius 1 is 0.707 bits per heavy atom. The third kappa shape index (κ3) is 10.8. The van der Waals surface area contributed by atoms with Gasteiger partial charge in [0.1, 0.15) is 24.4 Å². The van der Waals surface area contributed by atoms with Crippen LogP contribution >= 0.6 is 23.2 Å². The van der Waals surface area contributed by atoms with Gasteiger partial charge in [0.2, 0.25) is 20.0 Å². The predicted molar refractivity (Wildman–Crippen MR) is 232 cm³/mol. The Morgan fingerprint density at radius 2 is 1.05 bits per heavy atom. The van der Waals surface area contributed by atoms with Crippen LogP contribution in [0.1, 0.15) is 18.8 Å². The number of aliphatic carboxylic acids is 1. The molecule has 0 radical (unpaired) electrons. The van der Waals surface area contributed by atoms with E-state index in [1.807, 2.05) is 4.72 Å². The lowest BCUT2D eigenvalue weighted by atomic mass is 10.1. The smallest absolute Gasteiger partial charge is 0.323 e. The number of benzene rings is 2. The molecule has 0 bridgehead atoms. The zero-order valence-electron chi connectivity index (χ0n) is 32.1. The van der Waals surface area contributed by atoms with E-state index in [4.69, 9.17) is 23.2 Å². The van der Waals surface area contributed by atoms with E-state index in [2.05, 4.69) is 15.1 Å². The van der Waals surface area contributed by atoms with E-state index < -0.39 is 31.9 Å². The van der Waals surface area contributed by atoms with Gasteiger partial charge in [0.15, 0.2) is 10.9 Å². The Labute approximate surface area is 344 Å². The second kappa shape index (κ2) is 18.1. The molecule has 4 heterocycles. The molecule has 4 aromatic heterocycles. The molecule has 6 aromatic rings. The lowest BCUT2D eigenvalue weighted by Gasteiger charge is -2.22. The molecule has 4 N–H and O–H groups in total. The number of amides is 1. The van der Waals surface area contributed by atoms with E-state index in [0.717, 1.165) is 12.5 Å². The summed E-state index contributed by atoms with van der Waals surface area (Å²) in [5.41, 5.74) is 3.58. The maximum atomic E-state index is 13.0. The molecular formula is C37H44Cl2N8O9S2. The highest BCUT2D eigenvalue weighted by Gasteiger charge is 2.22. The van der Waals surface area contributed by atoms with Crippen LogP contribution in [-0.4, -0.2) is 93.6 Å². The first-order chi connectivity index (χ1) is 26.3. The number of nitrogens with zero attached hydrogens (tertiary/aromatic N) is 6. The number of sulfonamides is 2. The van der Waals surface area contributed by atoms with Gasteiger partial charge in [-0.15, -0.1) is 0 Å². The SMILES string of the molecule is C.CS(N)(=O)=O.Cc1ccc2c(=O)c3ccc(Cl)c(N(C)C)c3n(CC(=O)NS(C)(=O)=O)c2n1.Cc1ccc2c(=O)c3ccc(Cl)c(N(C)C)c3n(CC(=O)O)c2n1. The number of hydrogen-bond acceptors (Lipinski definition) is 12. The fourth-order valence-electron chi connectivity index (χ4n) is 6.05. The molecule has 21 heteroatoms. The Kier molecular flexibility index (Phi) is 14.7. The highest BCUT2D eigenvalue weighted by Crippen LogP contribution is 2.35. The van der Waals surface area contributed by atoms with Crippen molar-refractivity contribution < 1.29 is 31.5 Å². The van der Waals surface area contributed by atoms with Gasteiger partial charge in [0, 0.05) is 50.4 Å². The van der Waals surface area contributed by atoms with Crippen molar-refractivity contribution >= 4 is 110 Å². The van der Waals surface area contributed by atoms with Crippen LogP contribution < -0.4 is 30.5 Å². The van der Waals surface area contributed by atoms with Crippen LogP contribution in [0.4, 0.5) is 11.4 Å². The molecular weight excluding hydrogens is 835 g/mol. The molecule has 1 amide bonds.